The summed E-state index contributed by atoms with van der Waals surface area (Å²) in [5.41, 5.74) is 5.28. The Morgan fingerprint density at radius 1 is 1.64 bits per heavy atom. The monoisotopic (exact) mass is 196 g/mol. The Morgan fingerprint density at radius 2 is 2.36 bits per heavy atom. The summed E-state index contributed by atoms with van der Waals surface area (Å²) in [4.78, 5) is 3.94. The van der Waals surface area contributed by atoms with Crippen molar-refractivity contribution < 1.29 is 9.84 Å². The van der Waals surface area contributed by atoms with Crippen molar-refractivity contribution >= 4 is 5.82 Å². The molecule has 1 aromatic rings. The molecule has 1 unspecified atom stereocenters. The maximum atomic E-state index is 10.2. The molecule has 4 heteroatoms. The predicted octanol–water partition coefficient (Wildman–Crippen LogP) is 0.908. The van der Waals surface area contributed by atoms with Crippen LogP contribution in [0.5, 0.6) is 0 Å². The number of nitrogens with zero attached hydrogens (tertiary/aromatic N) is 1. The summed E-state index contributed by atoms with van der Waals surface area (Å²) in [6, 6.07) is 3.52. The fraction of sp³-hybridized carbons (Fsp3) is 0.500. The van der Waals surface area contributed by atoms with Crippen molar-refractivity contribution in [3.63, 3.8) is 0 Å². The Labute approximate surface area is 83.7 Å². The van der Waals surface area contributed by atoms with E-state index in [-0.39, 0.29) is 6.61 Å². The third-order valence-electron chi connectivity index (χ3n) is 2.31. The molecule has 0 radical (unpaired) electrons. The van der Waals surface area contributed by atoms with E-state index in [1.165, 1.54) is 0 Å². The molecule has 1 rings (SSSR count). The standard InChI is InChI=1S/C10H16N2O2/c1-3-10(13,7-14-2)8-5-4-6-12-9(8)11/h4-6,13H,3,7H2,1-2H3,(H2,11,12). The van der Waals surface area contributed by atoms with E-state index in [0.717, 1.165) is 0 Å². The Hall–Kier alpha value is -1.13. The van der Waals surface area contributed by atoms with Gasteiger partial charge in [0, 0.05) is 18.9 Å². The lowest BCUT2D eigenvalue weighted by molar-refractivity contribution is -0.0382. The lowest BCUT2D eigenvalue weighted by Crippen LogP contribution is -2.31. The van der Waals surface area contributed by atoms with Crippen LogP contribution in [0.2, 0.25) is 0 Å². The third kappa shape index (κ3) is 2.02. The topological polar surface area (TPSA) is 68.4 Å². The van der Waals surface area contributed by atoms with Gasteiger partial charge < -0.3 is 15.6 Å². The van der Waals surface area contributed by atoms with Crippen LogP contribution in [0, 0.1) is 0 Å². The molecule has 78 valence electrons. The van der Waals surface area contributed by atoms with Crippen molar-refractivity contribution in [2.24, 2.45) is 0 Å². The molecule has 0 spiro atoms. The van der Waals surface area contributed by atoms with Gasteiger partial charge in [0.05, 0.1) is 6.61 Å². The van der Waals surface area contributed by atoms with Gasteiger partial charge in [0.25, 0.3) is 0 Å². The van der Waals surface area contributed by atoms with Gasteiger partial charge in [-0.2, -0.15) is 0 Å². The minimum absolute atomic E-state index is 0.222. The smallest absolute Gasteiger partial charge is 0.129 e. The Kier molecular flexibility index (Phi) is 3.43. The van der Waals surface area contributed by atoms with E-state index in [9.17, 15) is 5.11 Å². The second-order valence-electron chi connectivity index (χ2n) is 3.25. The van der Waals surface area contributed by atoms with Gasteiger partial charge in [-0.25, -0.2) is 4.98 Å². The van der Waals surface area contributed by atoms with Gasteiger partial charge in [-0.3, -0.25) is 0 Å². The van der Waals surface area contributed by atoms with Crippen LogP contribution in [0.4, 0.5) is 5.82 Å². The second-order valence-corrected chi connectivity index (χ2v) is 3.25. The number of methoxy groups -OCH3 is 1. The van der Waals surface area contributed by atoms with Gasteiger partial charge in [-0.1, -0.05) is 13.0 Å². The van der Waals surface area contributed by atoms with Gasteiger partial charge in [0.2, 0.25) is 0 Å². The SMILES string of the molecule is CCC(O)(COC)c1cccnc1N. The van der Waals surface area contributed by atoms with Crippen LogP contribution in [-0.4, -0.2) is 23.8 Å². The molecular formula is C10H16N2O2. The number of hydrogen-bond donors (Lipinski definition) is 2. The van der Waals surface area contributed by atoms with E-state index in [2.05, 4.69) is 4.98 Å². The lowest BCUT2D eigenvalue weighted by atomic mass is 9.92. The molecule has 0 fully saturated rings. The van der Waals surface area contributed by atoms with Gasteiger partial charge in [-0.15, -0.1) is 0 Å². The first kappa shape index (κ1) is 10.9. The van der Waals surface area contributed by atoms with E-state index >= 15 is 0 Å². The maximum Gasteiger partial charge on any atom is 0.129 e. The van der Waals surface area contributed by atoms with E-state index in [1.54, 1.807) is 25.4 Å². The summed E-state index contributed by atoms with van der Waals surface area (Å²) >= 11 is 0. The number of anilines is 1. The number of aliphatic hydroxyl groups is 1. The van der Waals surface area contributed by atoms with E-state index in [4.69, 9.17) is 10.5 Å². The third-order valence-corrected chi connectivity index (χ3v) is 2.31. The first-order chi connectivity index (χ1) is 6.64. The second kappa shape index (κ2) is 4.39. The molecule has 0 saturated carbocycles. The van der Waals surface area contributed by atoms with E-state index in [1.807, 2.05) is 6.92 Å². The summed E-state index contributed by atoms with van der Waals surface area (Å²) in [6.45, 7) is 2.10. The van der Waals surface area contributed by atoms with Crippen molar-refractivity contribution in [1.82, 2.24) is 4.98 Å². The summed E-state index contributed by atoms with van der Waals surface area (Å²) in [6.07, 6.45) is 2.14. The Bertz CT molecular complexity index is 304. The molecule has 1 atom stereocenters. The number of hydrogen-bond acceptors (Lipinski definition) is 4. The molecule has 0 aliphatic heterocycles. The zero-order chi connectivity index (χ0) is 10.6. The maximum absolute atomic E-state index is 10.2. The highest BCUT2D eigenvalue weighted by atomic mass is 16.5. The highest BCUT2D eigenvalue weighted by Gasteiger charge is 2.29. The van der Waals surface area contributed by atoms with Crippen molar-refractivity contribution in [2.45, 2.75) is 18.9 Å². The molecule has 0 bridgehead atoms. The largest absolute Gasteiger partial charge is 0.383 e. The number of rotatable bonds is 4. The molecule has 0 aromatic carbocycles. The quantitative estimate of drug-likeness (QED) is 0.751. The molecule has 0 aliphatic rings. The van der Waals surface area contributed by atoms with Crippen molar-refractivity contribution in [2.75, 3.05) is 19.5 Å². The molecule has 14 heavy (non-hydrogen) atoms. The summed E-state index contributed by atoms with van der Waals surface area (Å²) in [5, 5.41) is 10.2. The van der Waals surface area contributed by atoms with Crippen LogP contribution in [-0.2, 0) is 10.3 Å². The van der Waals surface area contributed by atoms with E-state index in [0.29, 0.717) is 17.8 Å². The highest BCUT2D eigenvalue weighted by Crippen LogP contribution is 2.28. The highest BCUT2D eigenvalue weighted by molar-refractivity contribution is 5.42. The van der Waals surface area contributed by atoms with Crippen LogP contribution in [0.3, 0.4) is 0 Å². The zero-order valence-electron chi connectivity index (χ0n) is 8.53. The number of pyridine rings is 1. The molecule has 1 heterocycles. The average molecular weight is 196 g/mol. The molecule has 3 N–H and O–H groups in total. The van der Waals surface area contributed by atoms with Crippen LogP contribution in [0.25, 0.3) is 0 Å². The van der Waals surface area contributed by atoms with Crippen molar-refractivity contribution in [3.8, 4) is 0 Å². The zero-order valence-corrected chi connectivity index (χ0v) is 8.53. The van der Waals surface area contributed by atoms with Crippen LogP contribution >= 0.6 is 0 Å². The minimum Gasteiger partial charge on any atom is -0.383 e. The molecule has 0 saturated heterocycles. The first-order valence-corrected chi connectivity index (χ1v) is 4.56. The number of ether oxygens (including phenoxy) is 1. The normalized spacial score (nSPS) is 15.1. The molecule has 4 nitrogen and oxygen atoms in total. The van der Waals surface area contributed by atoms with Gasteiger partial charge in [0.15, 0.2) is 0 Å². The number of aromatic nitrogens is 1. The Morgan fingerprint density at radius 3 is 2.86 bits per heavy atom. The summed E-state index contributed by atoms with van der Waals surface area (Å²) in [5.74, 6) is 0.355. The minimum atomic E-state index is -1.03. The van der Waals surface area contributed by atoms with Crippen LogP contribution in [0.1, 0.15) is 18.9 Å². The van der Waals surface area contributed by atoms with Crippen LogP contribution in [0.15, 0.2) is 18.3 Å². The van der Waals surface area contributed by atoms with Crippen molar-refractivity contribution in [3.05, 3.63) is 23.9 Å². The van der Waals surface area contributed by atoms with Gasteiger partial charge >= 0.3 is 0 Å². The molecule has 0 aliphatic carbocycles. The number of nitrogens with two attached hydrogens (primary N) is 1. The predicted molar refractivity (Wildman–Crippen MR) is 54.7 cm³/mol. The molecule has 1 aromatic heterocycles. The summed E-state index contributed by atoms with van der Waals surface area (Å²) in [7, 11) is 1.55. The van der Waals surface area contributed by atoms with Crippen molar-refractivity contribution in [1.29, 1.82) is 0 Å². The molecular weight excluding hydrogens is 180 g/mol. The molecule has 0 amide bonds. The summed E-state index contributed by atoms with van der Waals surface area (Å²) < 4.78 is 4.97. The lowest BCUT2D eigenvalue weighted by Gasteiger charge is -2.26. The van der Waals surface area contributed by atoms with E-state index < -0.39 is 5.60 Å². The van der Waals surface area contributed by atoms with Gasteiger partial charge in [0.1, 0.15) is 11.4 Å². The fourth-order valence-corrected chi connectivity index (χ4v) is 1.42. The van der Waals surface area contributed by atoms with Gasteiger partial charge in [-0.05, 0) is 12.5 Å². The average Bonchev–Trinajstić information content (AvgIpc) is 2.18. The first-order valence-electron chi connectivity index (χ1n) is 4.56. The Balaban J connectivity index is 3.05. The fourth-order valence-electron chi connectivity index (χ4n) is 1.42. The number of nitrogen functional groups attached to an aromatic ring is 1. The van der Waals surface area contributed by atoms with Crippen LogP contribution < -0.4 is 5.73 Å².